The van der Waals surface area contributed by atoms with E-state index >= 15 is 0 Å². The Morgan fingerprint density at radius 2 is 1.65 bits per heavy atom. The molecule has 0 unspecified atom stereocenters. The van der Waals surface area contributed by atoms with Crippen LogP contribution < -0.4 is 0 Å². The second-order valence-electron chi connectivity index (χ2n) is 4.91. The molecule has 1 aliphatic heterocycles. The standard InChI is InChI=1S/C11H21NO4S/c1-15-10-7-12(8-11(10)16-2)17(13,14)6-5-9-3-4-9/h9-11H,3-8H2,1-2H3/t10-,11-/m1/s1. The summed E-state index contributed by atoms with van der Waals surface area (Å²) in [4.78, 5) is 0. The first-order chi connectivity index (χ1) is 8.06. The van der Waals surface area contributed by atoms with Crippen molar-refractivity contribution >= 4 is 10.0 Å². The van der Waals surface area contributed by atoms with Gasteiger partial charge in [0.25, 0.3) is 0 Å². The Morgan fingerprint density at radius 1 is 1.12 bits per heavy atom. The minimum Gasteiger partial charge on any atom is -0.377 e. The van der Waals surface area contributed by atoms with E-state index in [0.717, 1.165) is 6.42 Å². The van der Waals surface area contributed by atoms with Crippen LogP contribution in [0, 0.1) is 5.92 Å². The number of methoxy groups -OCH3 is 2. The molecule has 0 aromatic heterocycles. The molecular formula is C11H21NO4S. The van der Waals surface area contributed by atoms with Crippen LogP contribution >= 0.6 is 0 Å². The highest BCUT2D eigenvalue weighted by molar-refractivity contribution is 7.89. The van der Waals surface area contributed by atoms with Crippen molar-refractivity contribution < 1.29 is 17.9 Å². The molecule has 0 aromatic rings. The Balaban J connectivity index is 1.92. The van der Waals surface area contributed by atoms with Gasteiger partial charge in [-0.1, -0.05) is 12.8 Å². The Labute approximate surface area is 103 Å². The van der Waals surface area contributed by atoms with Gasteiger partial charge in [-0.2, -0.15) is 4.31 Å². The van der Waals surface area contributed by atoms with E-state index < -0.39 is 10.0 Å². The molecule has 1 heterocycles. The van der Waals surface area contributed by atoms with Crippen molar-refractivity contribution in [1.82, 2.24) is 4.31 Å². The first-order valence-corrected chi connectivity index (χ1v) is 7.71. The van der Waals surface area contributed by atoms with Crippen LogP contribution in [0.4, 0.5) is 0 Å². The molecule has 1 aliphatic carbocycles. The Morgan fingerprint density at radius 3 is 2.06 bits per heavy atom. The minimum atomic E-state index is -3.13. The van der Waals surface area contributed by atoms with Gasteiger partial charge in [-0.05, 0) is 12.3 Å². The van der Waals surface area contributed by atoms with Gasteiger partial charge in [0, 0.05) is 27.3 Å². The molecule has 17 heavy (non-hydrogen) atoms. The highest BCUT2D eigenvalue weighted by Crippen LogP contribution is 2.33. The summed E-state index contributed by atoms with van der Waals surface area (Å²) < 4.78 is 36.2. The third-order valence-electron chi connectivity index (χ3n) is 3.66. The molecule has 0 N–H and O–H groups in total. The number of ether oxygens (including phenoxy) is 2. The molecule has 2 rings (SSSR count). The first-order valence-electron chi connectivity index (χ1n) is 6.10. The van der Waals surface area contributed by atoms with Crippen LogP contribution in [0.15, 0.2) is 0 Å². The molecule has 2 fully saturated rings. The van der Waals surface area contributed by atoms with Crippen LogP contribution in [0.25, 0.3) is 0 Å². The van der Waals surface area contributed by atoms with Gasteiger partial charge in [-0.15, -0.1) is 0 Å². The van der Waals surface area contributed by atoms with Gasteiger partial charge in [0.05, 0.1) is 18.0 Å². The zero-order valence-corrected chi connectivity index (χ0v) is 11.3. The molecule has 0 aromatic carbocycles. The van der Waals surface area contributed by atoms with Gasteiger partial charge in [0.1, 0.15) is 0 Å². The van der Waals surface area contributed by atoms with Crippen LogP contribution in [0.1, 0.15) is 19.3 Å². The molecule has 2 aliphatic rings. The third kappa shape index (κ3) is 3.19. The molecule has 0 amide bonds. The second-order valence-corrected chi connectivity index (χ2v) is 7.00. The average molecular weight is 263 g/mol. The van der Waals surface area contributed by atoms with Crippen LogP contribution in [0.5, 0.6) is 0 Å². The zero-order chi connectivity index (χ0) is 12.5. The lowest BCUT2D eigenvalue weighted by molar-refractivity contribution is -0.00461. The van der Waals surface area contributed by atoms with E-state index in [9.17, 15) is 8.42 Å². The lowest BCUT2D eigenvalue weighted by Gasteiger charge is -2.15. The van der Waals surface area contributed by atoms with E-state index in [0.29, 0.717) is 19.0 Å². The fourth-order valence-electron chi connectivity index (χ4n) is 2.24. The van der Waals surface area contributed by atoms with Gasteiger partial charge in [-0.25, -0.2) is 8.42 Å². The number of hydrogen-bond acceptors (Lipinski definition) is 4. The smallest absolute Gasteiger partial charge is 0.214 e. The third-order valence-corrected chi connectivity index (χ3v) is 5.50. The summed E-state index contributed by atoms with van der Waals surface area (Å²) in [6, 6.07) is 0. The molecule has 0 bridgehead atoms. The van der Waals surface area contributed by atoms with Crippen LogP contribution in [-0.4, -0.2) is 58.0 Å². The van der Waals surface area contributed by atoms with E-state index in [4.69, 9.17) is 9.47 Å². The second kappa shape index (κ2) is 5.22. The van der Waals surface area contributed by atoms with Gasteiger partial charge in [0.15, 0.2) is 0 Å². The largest absolute Gasteiger partial charge is 0.377 e. The predicted octanol–water partition coefficient (Wildman–Crippen LogP) is 0.462. The fourth-order valence-corrected chi connectivity index (χ4v) is 3.88. The topological polar surface area (TPSA) is 55.8 Å². The summed E-state index contributed by atoms with van der Waals surface area (Å²) in [5.41, 5.74) is 0. The van der Waals surface area contributed by atoms with E-state index in [2.05, 4.69) is 0 Å². The summed E-state index contributed by atoms with van der Waals surface area (Å²) in [6.45, 7) is 0.837. The van der Waals surface area contributed by atoms with Crippen molar-refractivity contribution in [3.05, 3.63) is 0 Å². The van der Waals surface area contributed by atoms with Gasteiger partial charge < -0.3 is 9.47 Å². The summed E-state index contributed by atoms with van der Waals surface area (Å²) in [7, 11) is 0.0607. The molecule has 0 spiro atoms. The first kappa shape index (κ1) is 13.3. The fraction of sp³-hybridized carbons (Fsp3) is 1.00. The molecular weight excluding hydrogens is 242 g/mol. The van der Waals surface area contributed by atoms with E-state index in [-0.39, 0.29) is 18.0 Å². The van der Waals surface area contributed by atoms with Crippen LogP contribution in [0.2, 0.25) is 0 Å². The minimum absolute atomic E-state index is 0.143. The lowest BCUT2D eigenvalue weighted by atomic mass is 10.3. The Bertz CT molecular complexity index is 340. The molecule has 1 saturated carbocycles. The summed E-state index contributed by atoms with van der Waals surface area (Å²) in [5, 5.41) is 0. The lowest BCUT2D eigenvalue weighted by Crippen LogP contribution is -2.32. The van der Waals surface area contributed by atoms with E-state index in [1.807, 2.05) is 0 Å². The maximum Gasteiger partial charge on any atom is 0.214 e. The number of sulfonamides is 1. The molecule has 2 atom stereocenters. The normalized spacial score (nSPS) is 30.9. The van der Waals surface area contributed by atoms with E-state index in [1.165, 1.54) is 17.1 Å². The molecule has 6 heteroatoms. The molecule has 100 valence electrons. The molecule has 0 radical (unpaired) electrons. The van der Waals surface area contributed by atoms with Gasteiger partial charge in [0.2, 0.25) is 10.0 Å². The maximum absolute atomic E-state index is 12.1. The Hall–Kier alpha value is -0.170. The van der Waals surface area contributed by atoms with Gasteiger partial charge in [-0.3, -0.25) is 0 Å². The average Bonchev–Trinajstić information content (AvgIpc) is 3.03. The number of nitrogens with zero attached hydrogens (tertiary/aromatic N) is 1. The van der Waals surface area contributed by atoms with Gasteiger partial charge >= 0.3 is 0 Å². The quantitative estimate of drug-likeness (QED) is 0.698. The van der Waals surface area contributed by atoms with Crippen molar-refractivity contribution in [3.8, 4) is 0 Å². The highest BCUT2D eigenvalue weighted by atomic mass is 32.2. The van der Waals surface area contributed by atoms with Crippen LogP contribution in [-0.2, 0) is 19.5 Å². The van der Waals surface area contributed by atoms with Crippen molar-refractivity contribution in [3.63, 3.8) is 0 Å². The summed E-state index contributed by atoms with van der Waals surface area (Å²) in [6.07, 6.45) is 2.90. The monoisotopic (exact) mass is 263 g/mol. The molecule has 1 saturated heterocycles. The summed E-state index contributed by atoms with van der Waals surface area (Å²) in [5.74, 6) is 0.911. The van der Waals surface area contributed by atoms with Crippen molar-refractivity contribution in [2.24, 2.45) is 5.92 Å². The van der Waals surface area contributed by atoms with Crippen molar-refractivity contribution in [2.75, 3.05) is 33.1 Å². The number of rotatable bonds is 6. The summed E-state index contributed by atoms with van der Waals surface area (Å²) >= 11 is 0. The maximum atomic E-state index is 12.1. The van der Waals surface area contributed by atoms with Crippen molar-refractivity contribution in [1.29, 1.82) is 0 Å². The zero-order valence-electron chi connectivity index (χ0n) is 10.5. The molecule has 5 nitrogen and oxygen atoms in total. The SMILES string of the molecule is CO[C@@H]1CN(S(=O)(=O)CCC2CC2)C[C@H]1OC. The Kier molecular flexibility index (Phi) is 4.07. The van der Waals surface area contributed by atoms with E-state index in [1.54, 1.807) is 14.2 Å². The van der Waals surface area contributed by atoms with Crippen LogP contribution in [0.3, 0.4) is 0 Å². The van der Waals surface area contributed by atoms with Crippen molar-refractivity contribution in [2.45, 2.75) is 31.5 Å². The highest BCUT2D eigenvalue weighted by Gasteiger charge is 2.39. The predicted molar refractivity (Wildman–Crippen MR) is 64.3 cm³/mol. The number of hydrogen-bond donors (Lipinski definition) is 0.